The Balaban J connectivity index is 2.31. The van der Waals surface area contributed by atoms with Crippen molar-refractivity contribution < 1.29 is 0 Å². The lowest BCUT2D eigenvalue weighted by atomic mass is 10.2. The molecule has 0 radical (unpaired) electrons. The molecule has 0 fully saturated rings. The summed E-state index contributed by atoms with van der Waals surface area (Å²) in [6.45, 7) is 0. The fourth-order valence-corrected chi connectivity index (χ4v) is 3.05. The number of hydrogen-bond acceptors (Lipinski definition) is 4. The Bertz CT molecular complexity index is 774. The SMILES string of the molecule is CN=c1ccc2nc3ccc(N(C)C)cc3sc-2c1. The lowest BCUT2D eigenvalue weighted by molar-refractivity contribution is 1.13. The molecule has 0 spiro atoms. The van der Waals surface area contributed by atoms with Crippen LogP contribution in [0.4, 0.5) is 5.69 Å². The molecule has 1 heterocycles. The van der Waals surface area contributed by atoms with Crippen LogP contribution in [0.15, 0.2) is 41.4 Å². The highest BCUT2D eigenvalue weighted by atomic mass is 32.1. The molecule has 0 amide bonds. The van der Waals surface area contributed by atoms with E-state index in [1.807, 2.05) is 33.3 Å². The van der Waals surface area contributed by atoms with Crippen LogP contribution >= 0.6 is 11.3 Å². The fraction of sp³-hybridized carbons (Fsp3) is 0.200. The Labute approximate surface area is 116 Å². The predicted octanol–water partition coefficient (Wildman–Crippen LogP) is 3.00. The zero-order valence-electron chi connectivity index (χ0n) is 11.2. The lowest BCUT2D eigenvalue weighted by Gasteiger charge is -2.13. The second-order valence-corrected chi connectivity index (χ2v) is 5.72. The largest absolute Gasteiger partial charge is 0.378 e. The molecule has 1 aromatic carbocycles. The van der Waals surface area contributed by atoms with E-state index in [-0.39, 0.29) is 0 Å². The zero-order chi connectivity index (χ0) is 13.4. The number of aromatic nitrogens is 1. The summed E-state index contributed by atoms with van der Waals surface area (Å²) in [5.74, 6) is 0. The van der Waals surface area contributed by atoms with E-state index in [2.05, 4.69) is 34.2 Å². The molecule has 1 aliphatic heterocycles. The van der Waals surface area contributed by atoms with Gasteiger partial charge in [0.2, 0.25) is 0 Å². The summed E-state index contributed by atoms with van der Waals surface area (Å²) in [7, 11) is 5.91. The minimum atomic E-state index is 0.994. The molecule has 19 heavy (non-hydrogen) atoms. The third-order valence-corrected chi connectivity index (χ3v) is 4.22. The molecule has 0 atom stereocenters. The summed E-state index contributed by atoms with van der Waals surface area (Å²) in [6, 6.07) is 12.5. The average Bonchev–Trinajstić information content (AvgIpc) is 2.43. The predicted molar refractivity (Wildman–Crippen MR) is 82.1 cm³/mol. The number of anilines is 1. The summed E-state index contributed by atoms with van der Waals surface area (Å²) >= 11 is 1.76. The lowest BCUT2D eigenvalue weighted by Crippen LogP contribution is -2.08. The molecule has 0 N–H and O–H groups in total. The van der Waals surface area contributed by atoms with Crippen molar-refractivity contribution in [2.24, 2.45) is 4.99 Å². The smallest absolute Gasteiger partial charge is 0.0811 e. The minimum absolute atomic E-state index is 0.994. The highest BCUT2D eigenvalue weighted by Crippen LogP contribution is 2.31. The van der Waals surface area contributed by atoms with E-state index in [0.717, 1.165) is 16.6 Å². The molecule has 96 valence electrons. The van der Waals surface area contributed by atoms with Gasteiger partial charge < -0.3 is 4.90 Å². The van der Waals surface area contributed by atoms with E-state index in [0.29, 0.717) is 0 Å². The van der Waals surface area contributed by atoms with Gasteiger partial charge in [-0.1, -0.05) is 0 Å². The Kier molecular flexibility index (Phi) is 2.95. The molecule has 0 aromatic heterocycles. The molecule has 1 aromatic rings. The van der Waals surface area contributed by atoms with Crippen molar-refractivity contribution in [2.45, 2.75) is 0 Å². The van der Waals surface area contributed by atoms with Crippen LogP contribution in [0, 0.1) is 0 Å². The number of hydrogen-bond donors (Lipinski definition) is 0. The van der Waals surface area contributed by atoms with E-state index in [1.165, 1.54) is 15.3 Å². The molecule has 0 saturated heterocycles. The summed E-state index contributed by atoms with van der Waals surface area (Å²) in [5, 5.41) is 0.994. The van der Waals surface area contributed by atoms with E-state index >= 15 is 0 Å². The van der Waals surface area contributed by atoms with Crippen LogP contribution in [0.1, 0.15) is 0 Å². The fourth-order valence-electron chi connectivity index (χ4n) is 2.02. The molecule has 0 saturated carbocycles. The number of nitrogens with zero attached hydrogens (tertiary/aromatic N) is 3. The van der Waals surface area contributed by atoms with Gasteiger partial charge in [-0.15, -0.1) is 11.3 Å². The summed E-state index contributed by atoms with van der Waals surface area (Å²) < 4.78 is 1.20. The zero-order valence-corrected chi connectivity index (χ0v) is 12.0. The van der Waals surface area contributed by atoms with Gasteiger partial charge in [-0.2, -0.15) is 0 Å². The van der Waals surface area contributed by atoms with Gasteiger partial charge in [0.05, 0.1) is 26.1 Å². The Morgan fingerprint density at radius 1 is 1.11 bits per heavy atom. The first-order valence-electron chi connectivity index (χ1n) is 6.12. The first kappa shape index (κ1) is 12.1. The minimum Gasteiger partial charge on any atom is -0.378 e. The molecule has 1 aliphatic carbocycles. The second kappa shape index (κ2) is 4.63. The van der Waals surface area contributed by atoms with Crippen LogP contribution in [0.3, 0.4) is 0 Å². The van der Waals surface area contributed by atoms with Crippen LogP contribution in [0.2, 0.25) is 0 Å². The van der Waals surface area contributed by atoms with Crippen LogP contribution in [0.5, 0.6) is 0 Å². The van der Waals surface area contributed by atoms with Gasteiger partial charge in [0, 0.05) is 26.8 Å². The van der Waals surface area contributed by atoms with Crippen molar-refractivity contribution in [2.75, 3.05) is 26.0 Å². The van der Waals surface area contributed by atoms with Gasteiger partial charge in [-0.25, -0.2) is 4.98 Å². The Morgan fingerprint density at radius 3 is 2.68 bits per heavy atom. The van der Waals surface area contributed by atoms with Crippen molar-refractivity contribution in [3.05, 3.63) is 41.8 Å². The highest BCUT2D eigenvalue weighted by Gasteiger charge is 2.07. The first-order chi connectivity index (χ1) is 9.17. The van der Waals surface area contributed by atoms with Gasteiger partial charge >= 0.3 is 0 Å². The monoisotopic (exact) mass is 269 g/mol. The molecule has 0 bridgehead atoms. The summed E-state index contributed by atoms with van der Waals surface area (Å²) in [5.41, 5.74) is 3.27. The van der Waals surface area contributed by atoms with E-state index in [4.69, 9.17) is 4.98 Å². The second-order valence-electron chi connectivity index (χ2n) is 4.64. The molecular formula is C15H15N3S. The molecule has 4 heteroatoms. The normalized spacial score (nSPS) is 12.3. The van der Waals surface area contributed by atoms with Crippen molar-refractivity contribution in [3.63, 3.8) is 0 Å². The van der Waals surface area contributed by atoms with Crippen molar-refractivity contribution in [1.29, 1.82) is 0 Å². The third-order valence-electron chi connectivity index (χ3n) is 3.12. The van der Waals surface area contributed by atoms with E-state index in [1.54, 1.807) is 11.3 Å². The van der Waals surface area contributed by atoms with Crippen molar-refractivity contribution >= 4 is 27.2 Å². The Hall–Kier alpha value is -1.94. The number of benzene rings is 2. The van der Waals surface area contributed by atoms with Gasteiger partial charge in [0.15, 0.2) is 0 Å². The van der Waals surface area contributed by atoms with Crippen LogP contribution < -0.4 is 10.3 Å². The van der Waals surface area contributed by atoms with Crippen LogP contribution in [-0.4, -0.2) is 26.1 Å². The quantitative estimate of drug-likeness (QED) is 0.635. The summed E-state index contributed by atoms with van der Waals surface area (Å²) in [4.78, 5) is 12.2. The van der Waals surface area contributed by atoms with Gasteiger partial charge in [-0.05, 0) is 36.4 Å². The molecule has 2 aliphatic rings. The number of fused-ring (bicyclic) bond motifs is 2. The standard InChI is InChI=1S/C15H15N3S/c1-16-10-4-6-12-14(8-10)19-15-9-11(18(2)3)5-7-13(15)17-12/h4-9H,1-3H3. The highest BCUT2D eigenvalue weighted by molar-refractivity contribution is 7.21. The Morgan fingerprint density at radius 2 is 1.95 bits per heavy atom. The first-order valence-corrected chi connectivity index (χ1v) is 6.94. The van der Waals surface area contributed by atoms with E-state index in [9.17, 15) is 0 Å². The van der Waals surface area contributed by atoms with Gasteiger partial charge in [-0.3, -0.25) is 4.99 Å². The van der Waals surface area contributed by atoms with Crippen molar-refractivity contribution in [3.8, 4) is 10.6 Å². The maximum atomic E-state index is 4.70. The topological polar surface area (TPSA) is 28.5 Å². The van der Waals surface area contributed by atoms with Gasteiger partial charge in [0.25, 0.3) is 0 Å². The molecule has 3 nitrogen and oxygen atoms in total. The summed E-state index contributed by atoms with van der Waals surface area (Å²) in [6.07, 6.45) is 0. The molecular weight excluding hydrogens is 254 g/mol. The maximum Gasteiger partial charge on any atom is 0.0811 e. The van der Waals surface area contributed by atoms with Crippen LogP contribution in [-0.2, 0) is 0 Å². The maximum absolute atomic E-state index is 4.70. The third kappa shape index (κ3) is 2.19. The average molecular weight is 269 g/mol. The van der Waals surface area contributed by atoms with Gasteiger partial charge in [0.1, 0.15) is 0 Å². The molecule has 0 unspecified atom stereocenters. The van der Waals surface area contributed by atoms with Crippen molar-refractivity contribution in [1.82, 2.24) is 4.98 Å². The van der Waals surface area contributed by atoms with E-state index < -0.39 is 0 Å². The number of rotatable bonds is 1. The van der Waals surface area contributed by atoms with Crippen LogP contribution in [0.25, 0.3) is 20.8 Å². The molecule has 3 rings (SSSR count).